The number of hydrogen-bond acceptors (Lipinski definition) is 3. The minimum Gasteiger partial charge on any atom is -0.303 e. The van der Waals surface area contributed by atoms with Crippen LogP contribution in [0.15, 0.2) is 77.3 Å². The highest BCUT2D eigenvalue weighted by Gasteiger charge is 2.16. The summed E-state index contributed by atoms with van der Waals surface area (Å²) in [6.07, 6.45) is 0. The van der Waals surface area contributed by atoms with Crippen molar-refractivity contribution in [3.63, 3.8) is 0 Å². The molecule has 5 heteroatoms. The van der Waals surface area contributed by atoms with Crippen LogP contribution in [0.3, 0.4) is 0 Å². The number of benzene rings is 3. The lowest BCUT2D eigenvalue weighted by Crippen LogP contribution is -2.03. The number of para-hydroxylation sites is 2. The Morgan fingerprint density at radius 1 is 0.821 bits per heavy atom. The summed E-state index contributed by atoms with van der Waals surface area (Å²) in [7, 11) is 0. The average Bonchev–Trinajstić information content (AvgIpc) is 3.05. The van der Waals surface area contributed by atoms with Gasteiger partial charge in [-0.3, -0.25) is 0 Å². The lowest BCUT2D eigenvalue weighted by molar-refractivity contribution is 0.825. The van der Waals surface area contributed by atoms with Crippen LogP contribution in [0.2, 0.25) is 0 Å². The molecule has 28 heavy (non-hydrogen) atoms. The van der Waals surface area contributed by atoms with Gasteiger partial charge in [0.2, 0.25) is 0 Å². The fraction of sp³-hybridized carbons (Fsp3) is 0.0870. The Kier molecular flexibility index (Phi) is 4.17. The molecule has 0 spiro atoms. The first-order chi connectivity index (χ1) is 13.7. The first kappa shape index (κ1) is 17.1. The highest BCUT2D eigenvalue weighted by molar-refractivity contribution is 9.10. The third-order valence-electron chi connectivity index (χ3n) is 4.80. The van der Waals surface area contributed by atoms with Crippen molar-refractivity contribution in [1.82, 2.24) is 19.5 Å². The summed E-state index contributed by atoms with van der Waals surface area (Å²) in [4.78, 5) is 14.5. The summed E-state index contributed by atoms with van der Waals surface area (Å²) in [5, 5.41) is 0. The number of hydrogen-bond donors (Lipinski definition) is 0. The lowest BCUT2D eigenvalue weighted by Gasteiger charge is -2.10. The first-order valence-electron chi connectivity index (χ1n) is 9.12. The normalized spacial score (nSPS) is 11.4. The largest absolute Gasteiger partial charge is 0.303 e. The number of aromatic nitrogens is 4. The Balaban J connectivity index is 1.76. The molecule has 0 amide bonds. The highest BCUT2D eigenvalue weighted by Crippen LogP contribution is 2.27. The Hall–Kier alpha value is -3.05. The lowest BCUT2D eigenvalue weighted by atomic mass is 10.1. The van der Waals surface area contributed by atoms with Gasteiger partial charge in [0.1, 0.15) is 5.82 Å². The second-order valence-corrected chi connectivity index (χ2v) is 7.79. The van der Waals surface area contributed by atoms with Gasteiger partial charge in [0, 0.05) is 10.0 Å². The van der Waals surface area contributed by atoms with Crippen LogP contribution in [0.1, 0.15) is 11.1 Å². The molecule has 0 fully saturated rings. The van der Waals surface area contributed by atoms with E-state index in [0.717, 1.165) is 32.5 Å². The zero-order valence-corrected chi connectivity index (χ0v) is 16.9. The molecule has 2 heterocycles. The van der Waals surface area contributed by atoms with Crippen LogP contribution in [0.25, 0.3) is 33.7 Å². The highest BCUT2D eigenvalue weighted by atomic mass is 79.9. The maximum Gasteiger partial charge on any atom is 0.198 e. The van der Waals surface area contributed by atoms with Crippen LogP contribution >= 0.6 is 15.9 Å². The third-order valence-corrected chi connectivity index (χ3v) is 5.29. The zero-order chi connectivity index (χ0) is 19.1. The second-order valence-electron chi connectivity index (χ2n) is 6.88. The van der Waals surface area contributed by atoms with Crippen molar-refractivity contribution in [1.29, 1.82) is 0 Å². The Morgan fingerprint density at radius 2 is 1.57 bits per heavy atom. The van der Waals surface area contributed by atoms with Gasteiger partial charge in [-0.2, -0.15) is 0 Å². The van der Waals surface area contributed by atoms with Crippen molar-refractivity contribution in [2.24, 2.45) is 0 Å². The summed E-state index contributed by atoms with van der Waals surface area (Å²) >= 11 is 3.57. The van der Waals surface area contributed by atoms with Crippen LogP contribution in [0, 0.1) is 6.92 Å². The van der Waals surface area contributed by atoms with E-state index in [0.29, 0.717) is 12.2 Å². The molecule has 0 radical (unpaired) electrons. The smallest absolute Gasteiger partial charge is 0.198 e. The summed E-state index contributed by atoms with van der Waals surface area (Å²) in [5.41, 5.74) is 6.69. The van der Waals surface area contributed by atoms with Gasteiger partial charge in [-0.05, 0) is 36.8 Å². The predicted octanol–water partition coefficient (Wildman–Crippen LogP) is 5.77. The van der Waals surface area contributed by atoms with Gasteiger partial charge in [-0.1, -0.05) is 70.0 Å². The molecule has 2 aromatic heterocycles. The van der Waals surface area contributed by atoms with Crippen molar-refractivity contribution in [2.45, 2.75) is 13.5 Å². The number of fused-ring (bicyclic) bond motifs is 2. The molecule has 0 N–H and O–H groups in total. The molecule has 0 aliphatic heterocycles. The fourth-order valence-electron chi connectivity index (χ4n) is 3.37. The molecule has 136 valence electrons. The van der Waals surface area contributed by atoms with Gasteiger partial charge in [-0.25, -0.2) is 15.0 Å². The molecular formula is C23H17BrN4. The van der Waals surface area contributed by atoms with E-state index in [2.05, 4.69) is 63.8 Å². The van der Waals surface area contributed by atoms with E-state index in [-0.39, 0.29) is 0 Å². The summed E-state index contributed by atoms with van der Waals surface area (Å²) in [6.45, 7) is 2.78. The van der Waals surface area contributed by atoms with Crippen LogP contribution in [0.4, 0.5) is 0 Å². The quantitative estimate of drug-likeness (QED) is 0.366. The van der Waals surface area contributed by atoms with E-state index < -0.39 is 0 Å². The standard InChI is InChI=1S/C23H17BrN4/c1-15-9-11-16(12-10-15)14-28-22(17-5-4-6-18(24)13-17)27-21-23(28)26-20-8-3-2-7-19(20)25-21/h2-13H,14H2,1H3. The Labute approximate surface area is 171 Å². The van der Waals surface area contributed by atoms with Gasteiger partial charge >= 0.3 is 0 Å². The van der Waals surface area contributed by atoms with E-state index in [1.807, 2.05) is 36.4 Å². The summed E-state index contributed by atoms with van der Waals surface area (Å²) in [6, 6.07) is 24.7. The Morgan fingerprint density at radius 3 is 2.32 bits per heavy atom. The van der Waals surface area contributed by atoms with E-state index in [1.165, 1.54) is 11.1 Å². The van der Waals surface area contributed by atoms with Crippen molar-refractivity contribution in [2.75, 3.05) is 0 Å². The van der Waals surface area contributed by atoms with Crippen molar-refractivity contribution >= 4 is 38.3 Å². The van der Waals surface area contributed by atoms with Crippen molar-refractivity contribution in [3.05, 3.63) is 88.4 Å². The molecule has 5 aromatic rings. The van der Waals surface area contributed by atoms with Crippen LogP contribution in [-0.2, 0) is 6.54 Å². The zero-order valence-electron chi connectivity index (χ0n) is 15.3. The molecule has 0 unspecified atom stereocenters. The summed E-state index contributed by atoms with van der Waals surface area (Å²) in [5.74, 6) is 0.868. The van der Waals surface area contributed by atoms with E-state index in [9.17, 15) is 0 Å². The van der Waals surface area contributed by atoms with Gasteiger partial charge in [0.25, 0.3) is 0 Å². The molecule has 0 aliphatic rings. The van der Waals surface area contributed by atoms with Crippen molar-refractivity contribution in [3.8, 4) is 11.4 Å². The third kappa shape index (κ3) is 3.08. The van der Waals surface area contributed by atoms with E-state index >= 15 is 0 Å². The molecule has 0 atom stereocenters. The van der Waals surface area contributed by atoms with Gasteiger partial charge in [-0.15, -0.1) is 0 Å². The molecule has 0 saturated heterocycles. The number of aryl methyl sites for hydroxylation is 1. The molecule has 0 aliphatic carbocycles. The monoisotopic (exact) mass is 428 g/mol. The summed E-state index contributed by atoms with van der Waals surface area (Å²) < 4.78 is 3.17. The minimum absolute atomic E-state index is 0.667. The van der Waals surface area contributed by atoms with Gasteiger partial charge < -0.3 is 4.57 Å². The number of rotatable bonds is 3. The topological polar surface area (TPSA) is 43.6 Å². The molecule has 3 aromatic carbocycles. The first-order valence-corrected chi connectivity index (χ1v) is 9.91. The van der Waals surface area contributed by atoms with E-state index in [4.69, 9.17) is 15.0 Å². The fourth-order valence-corrected chi connectivity index (χ4v) is 3.77. The van der Waals surface area contributed by atoms with Crippen LogP contribution in [0.5, 0.6) is 0 Å². The minimum atomic E-state index is 0.667. The molecule has 4 nitrogen and oxygen atoms in total. The average molecular weight is 429 g/mol. The SMILES string of the molecule is Cc1ccc(Cn2c(-c3cccc(Br)c3)nc3nc4ccccc4nc32)cc1. The Bertz CT molecular complexity index is 1310. The van der Waals surface area contributed by atoms with Crippen LogP contribution in [-0.4, -0.2) is 19.5 Å². The molecule has 0 bridgehead atoms. The number of halogens is 1. The van der Waals surface area contributed by atoms with Gasteiger partial charge in [0.15, 0.2) is 11.3 Å². The predicted molar refractivity (Wildman–Crippen MR) is 116 cm³/mol. The maximum absolute atomic E-state index is 4.89. The molecular weight excluding hydrogens is 412 g/mol. The number of imidazole rings is 1. The second kappa shape index (κ2) is 6.84. The molecule has 0 saturated carbocycles. The van der Waals surface area contributed by atoms with Crippen molar-refractivity contribution < 1.29 is 0 Å². The number of nitrogens with zero attached hydrogens (tertiary/aromatic N) is 4. The maximum atomic E-state index is 4.89. The van der Waals surface area contributed by atoms with Gasteiger partial charge in [0.05, 0.1) is 17.6 Å². The van der Waals surface area contributed by atoms with Crippen LogP contribution < -0.4 is 0 Å². The van der Waals surface area contributed by atoms with E-state index in [1.54, 1.807) is 0 Å². The molecule has 5 rings (SSSR count).